The monoisotopic (exact) mass is 147 g/mol. The summed E-state index contributed by atoms with van der Waals surface area (Å²) in [7, 11) is 0. The van der Waals surface area contributed by atoms with Crippen molar-refractivity contribution in [2.75, 3.05) is 13.2 Å². The average Bonchev–Trinajstić information content (AvgIpc) is 1.86. The van der Waals surface area contributed by atoms with Gasteiger partial charge in [-0.05, 0) is 20.8 Å². The second-order valence-corrected chi connectivity index (χ2v) is 2.79. The van der Waals surface area contributed by atoms with Crippen LogP contribution < -0.4 is 5.73 Å². The fraction of sp³-hybridized carbons (Fsp3) is 1.00. The van der Waals surface area contributed by atoms with Crippen LogP contribution in [0.4, 0.5) is 0 Å². The van der Waals surface area contributed by atoms with Crippen molar-refractivity contribution in [1.82, 2.24) is 0 Å². The van der Waals surface area contributed by atoms with E-state index in [1.807, 2.05) is 20.8 Å². The van der Waals surface area contributed by atoms with Gasteiger partial charge < -0.3 is 15.6 Å². The van der Waals surface area contributed by atoms with E-state index in [0.29, 0.717) is 6.61 Å². The van der Waals surface area contributed by atoms with Crippen LogP contribution in [0.15, 0.2) is 0 Å². The molecule has 0 heterocycles. The Morgan fingerprint density at radius 3 is 2.40 bits per heavy atom. The van der Waals surface area contributed by atoms with Gasteiger partial charge in [0.05, 0.1) is 11.7 Å². The largest absolute Gasteiger partial charge is 0.389 e. The second-order valence-electron chi connectivity index (χ2n) is 2.79. The molecule has 0 radical (unpaired) electrons. The number of hydrogen-bond donors (Lipinski definition) is 2. The first-order valence-corrected chi connectivity index (χ1v) is 3.56. The van der Waals surface area contributed by atoms with Gasteiger partial charge in [0.25, 0.3) is 0 Å². The number of nitrogens with two attached hydrogens (primary N) is 1. The summed E-state index contributed by atoms with van der Waals surface area (Å²) in [6.45, 7) is 6.39. The van der Waals surface area contributed by atoms with E-state index in [1.165, 1.54) is 0 Å². The molecule has 1 unspecified atom stereocenters. The smallest absolute Gasteiger partial charge is 0.0946 e. The molecule has 0 rings (SSSR count). The summed E-state index contributed by atoms with van der Waals surface area (Å²) in [5.74, 6) is 0. The third-order valence-electron chi connectivity index (χ3n) is 1.54. The molecule has 1 atom stereocenters. The lowest BCUT2D eigenvalue weighted by molar-refractivity contribution is -0.0920. The molecule has 0 bridgehead atoms. The molecule has 0 amide bonds. The number of aliphatic hydroxyl groups excluding tert-OH is 1. The minimum atomic E-state index is -0.576. The van der Waals surface area contributed by atoms with Crippen molar-refractivity contribution in [2.24, 2.45) is 5.73 Å². The Bertz CT molecular complexity index is 93.6. The van der Waals surface area contributed by atoms with Crippen LogP contribution in [-0.4, -0.2) is 30.0 Å². The Morgan fingerprint density at radius 1 is 1.60 bits per heavy atom. The molecule has 0 aromatic heterocycles. The van der Waals surface area contributed by atoms with Gasteiger partial charge in [0.15, 0.2) is 0 Å². The predicted molar refractivity (Wildman–Crippen MR) is 40.8 cm³/mol. The van der Waals surface area contributed by atoms with Crippen molar-refractivity contribution < 1.29 is 9.84 Å². The minimum absolute atomic E-state index is 0.243. The van der Waals surface area contributed by atoms with E-state index in [2.05, 4.69) is 0 Å². The van der Waals surface area contributed by atoms with Crippen LogP contribution in [-0.2, 0) is 4.74 Å². The first-order chi connectivity index (χ1) is 4.54. The van der Waals surface area contributed by atoms with Crippen molar-refractivity contribution in [3.8, 4) is 0 Å². The van der Waals surface area contributed by atoms with Crippen molar-refractivity contribution >= 4 is 0 Å². The van der Waals surface area contributed by atoms with E-state index < -0.39 is 11.7 Å². The molecule has 62 valence electrons. The summed E-state index contributed by atoms with van der Waals surface area (Å²) in [5.41, 5.74) is 4.75. The van der Waals surface area contributed by atoms with E-state index in [1.54, 1.807) is 0 Å². The molecule has 3 N–H and O–H groups in total. The Morgan fingerprint density at radius 2 is 2.10 bits per heavy atom. The zero-order valence-corrected chi connectivity index (χ0v) is 6.92. The van der Waals surface area contributed by atoms with E-state index in [0.717, 1.165) is 0 Å². The lowest BCUT2D eigenvalue weighted by Gasteiger charge is -2.29. The maximum absolute atomic E-state index is 9.27. The molecule has 0 aliphatic heterocycles. The third-order valence-corrected chi connectivity index (χ3v) is 1.54. The van der Waals surface area contributed by atoms with Gasteiger partial charge in [0.1, 0.15) is 0 Å². The third kappa shape index (κ3) is 2.64. The molecule has 0 aromatic carbocycles. The highest BCUT2D eigenvalue weighted by molar-refractivity contribution is 4.78. The number of hydrogen-bond acceptors (Lipinski definition) is 3. The lowest BCUT2D eigenvalue weighted by Crippen LogP contribution is -2.43. The molecule has 0 aliphatic carbocycles. The van der Waals surface area contributed by atoms with E-state index >= 15 is 0 Å². The van der Waals surface area contributed by atoms with Gasteiger partial charge in [-0.15, -0.1) is 0 Å². The Labute approximate surface area is 62.2 Å². The summed E-state index contributed by atoms with van der Waals surface area (Å²) in [4.78, 5) is 0. The maximum atomic E-state index is 9.27. The molecule has 0 spiro atoms. The molecule has 0 saturated heterocycles. The SMILES string of the molecule is CCOC(C)(C)C(O)CN. The highest BCUT2D eigenvalue weighted by atomic mass is 16.5. The molecule has 3 nitrogen and oxygen atoms in total. The van der Waals surface area contributed by atoms with Gasteiger partial charge in [-0.2, -0.15) is 0 Å². The summed E-state index contributed by atoms with van der Waals surface area (Å²) in [6, 6.07) is 0. The molecule has 10 heavy (non-hydrogen) atoms. The number of aliphatic hydroxyl groups is 1. The van der Waals surface area contributed by atoms with Crippen LogP contribution in [0.25, 0.3) is 0 Å². The van der Waals surface area contributed by atoms with Crippen molar-refractivity contribution in [1.29, 1.82) is 0 Å². The van der Waals surface area contributed by atoms with Gasteiger partial charge in [-0.3, -0.25) is 0 Å². The van der Waals surface area contributed by atoms with Crippen LogP contribution in [0.5, 0.6) is 0 Å². The highest BCUT2D eigenvalue weighted by Gasteiger charge is 2.26. The van der Waals surface area contributed by atoms with Crippen LogP contribution in [0, 0.1) is 0 Å². The van der Waals surface area contributed by atoms with Gasteiger partial charge in [-0.1, -0.05) is 0 Å². The van der Waals surface area contributed by atoms with Gasteiger partial charge in [0.2, 0.25) is 0 Å². The highest BCUT2D eigenvalue weighted by Crippen LogP contribution is 2.13. The van der Waals surface area contributed by atoms with Crippen molar-refractivity contribution in [3.63, 3.8) is 0 Å². The standard InChI is InChI=1S/C7H17NO2/c1-4-10-7(2,3)6(9)5-8/h6,9H,4-5,8H2,1-3H3. The molecule has 0 fully saturated rings. The van der Waals surface area contributed by atoms with E-state index in [4.69, 9.17) is 10.5 Å². The normalized spacial score (nSPS) is 15.3. The first-order valence-electron chi connectivity index (χ1n) is 3.56. The van der Waals surface area contributed by atoms with Gasteiger partial charge in [-0.25, -0.2) is 0 Å². The van der Waals surface area contributed by atoms with Gasteiger partial charge >= 0.3 is 0 Å². The summed E-state index contributed by atoms with van der Waals surface area (Å²) in [6.07, 6.45) is -0.576. The van der Waals surface area contributed by atoms with Crippen LogP contribution in [0.2, 0.25) is 0 Å². The molecule has 0 aromatic rings. The topological polar surface area (TPSA) is 55.5 Å². The van der Waals surface area contributed by atoms with Gasteiger partial charge in [0, 0.05) is 13.2 Å². The first kappa shape index (κ1) is 9.88. The molecule has 0 aliphatic rings. The van der Waals surface area contributed by atoms with Crippen molar-refractivity contribution in [2.45, 2.75) is 32.5 Å². The zero-order chi connectivity index (χ0) is 8.20. The quantitative estimate of drug-likeness (QED) is 0.594. The molecular weight excluding hydrogens is 130 g/mol. The van der Waals surface area contributed by atoms with Crippen LogP contribution in [0.3, 0.4) is 0 Å². The molecular formula is C7H17NO2. The molecule has 0 saturated carbocycles. The number of rotatable bonds is 4. The lowest BCUT2D eigenvalue weighted by atomic mass is 10.0. The Hall–Kier alpha value is -0.120. The van der Waals surface area contributed by atoms with Crippen molar-refractivity contribution in [3.05, 3.63) is 0 Å². The average molecular weight is 147 g/mol. The summed E-state index contributed by atoms with van der Waals surface area (Å²) >= 11 is 0. The summed E-state index contributed by atoms with van der Waals surface area (Å²) in [5, 5.41) is 9.27. The Balaban J connectivity index is 3.82. The Kier molecular flexibility index (Phi) is 3.86. The fourth-order valence-corrected chi connectivity index (χ4v) is 0.752. The fourth-order valence-electron chi connectivity index (χ4n) is 0.752. The van der Waals surface area contributed by atoms with E-state index in [-0.39, 0.29) is 6.54 Å². The van der Waals surface area contributed by atoms with Crippen LogP contribution >= 0.6 is 0 Å². The summed E-state index contributed by atoms with van der Waals surface area (Å²) < 4.78 is 5.25. The minimum Gasteiger partial charge on any atom is -0.389 e. The van der Waals surface area contributed by atoms with Crippen LogP contribution in [0.1, 0.15) is 20.8 Å². The predicted octanol–water partition coefficient (Wildman–Crippen LogP) is 0.121. The second kappa shape index (κ2) is 3.91. The van der Waals surface area contributed by atoms with E-state index in [9.17, 15) is 5.11 Å². The maximum Gasteiger partial charge on any atom is 0.0946 e. The zero-order valence-electron chi connectivity index (χ0n) is 6.92. The number of ether oxygens (including phenoxy) is 1. The molecule has 3 heteroatoms.